The highest BCUT2D eigenvalue weighted by Gasteiger charge is 2.21. The van der Waals surface area contributed by atoms with Gasteiger partial charge >= 0.3 is 0 Å². The van der Waals surface area contributed by atoms with Crippen LogP contribution in [0.5, 0.6) is 11.5 Å². The molecule has 6 heteroatoms. The van der Waals surface area contributed by atoms with Gasteiger partial charge in [0.05, 0.1) is 31.6 Å². The lowest BCUT2D eigenvalue weighted by molar-refractivity contribution is 0.0962. The van der Waals surface area contributed by atoms with E-state index in [0.29, 0.717) is 11.9 Å². The molecule has 4 rings (SSSR count). The van der Waals surface area contributed by atoms with Crippen LogP contribution < -0.4 is 9.47 Å². The third-order valence-corrected chi connectivity index (χ3v) is 6.27. The fourth-order valence-electron chi connectivity index (χ4n) is 3.91. The number of methoxy groups -OCH3 is 2. The van der Waals surface area contributed by atoms with Crippen molar-refractivity contribution < 1.29 is 14.2 Å². The van der Waals surface area contributed by atoms with Gasteiger partial charge in [-0.05, 0) is 44.9 Å². The van der Waals surface area contributed by atoms with Crippen molar-refractivity contribution in [1.82, 2.24) is 9.55 Å². The van der Waals surface area contributed by atoms with Gasteiger partial charge in [0, 0.05) is 35.5 Å². The summed E-state index contributed by atoms with van der Waals surface area (Å²) in [5, 5.41) is 3.04. The summed E-state index contributed by atoms with van der Waals surface area (Å²) >= 11 is 1.62. The maximum atomic E-state index is 5.83. The second-order valence-electron chi connectivity index (χ2n) is 7.11. The summed E-state index contributed by atoms with van der Waals surface area (Å²) in [4.78, 5) is 4.92. The number of aryl methyl sites for hydroxylation is 1. The molecule has 1 fully saturated rings. The Balaban J connectivity index is 1.67. The van der Waals surface area contributed by atoms with Crippen LogP contribution in [0.4, 0.5) is 0 Å². The van der Waals surface area contributed by atoms with Gasteiger partial charge in [-0.25, -0.2) is 4.98 Å². The number of hydrogen-bond donors (Lipinski definition) is 0. The molecule has 3 heterocycles. The first-order valence-corrected chi connectivity index (χ1v) is 10.5. The third-order valence-electron chi connectivity index (χ3n) is 5.40. The molecule has 0 radical (unpaired) electrons. The van der Waals surface area contributed by atoms with Gasteiger partial charge in [0.25, 0.3) is 0 Å². The first-order valence-electron chi connectivity index (χ1n) is 9.58. The Labute approximate surface area is 169 Å². The van der Waals surface area contributed by atoms with Crippen molar-refractivity contribution in [3.63, 3.8) is 0 Å². The molecule has 1 aliphatic heterocycles. The second-order valence-corrected chi connectivity index (χ2v) is 7.97. The Morgan fingerprint density at radius 2 is 2.07 bits per heavy atom. The van der Waals surface area contributed by atoms with Crippen LogP contribution in [-0.2, 0) is 11.3 Å². The number of para-hydroxylation sites is 1. The average Bonchev–Trinajstić information content (AvgIpc) is 3.45. The molecule has 3 aromatic rings. The summed E-state index contributed by atoms with van der Waals surface area (Å²) < 4.78 is 19.2. The smallest absolute Gasteiger partial charge is 0.170 e. The summed E-state index contributed by atoms with van der Waals surface area (Å²) in [7, 11) is 3.31. The Morgan fingerprint density at radius 3 is 2.79 bits per heavy atom. The topological polar surface area (TPSA) is 45.5 Å². The molecule has 0 spiro atoms. The van der Waals surface area contributed by atoms with E-state index >= 15 is 0 Å². The lowest BCUT2D eigenvalue weighted by atomic mass is 10.1. The minimum atomic E-state index is 0.324. The molecule has 1 atom stereocenters. The molecule has 1 saturated heterocycles. The molecular formula is C22H26N2O3S. The predicted molar refractivity (Wildman–Crippen MR) is 113 cm³/mol. The predicted octanol–water partition coefficient (Wildman–Crippen LogP) is 5.09. The van der Waals surface area contributed by atoms with E-state index in [1.165, 1.54) is 17.0 Å². The lowest BCUT2D eigenvalue weighted by Gasteiger charge is -2.14. The Kier molecular flexibility index (Phi) is 5.42. The highest BCUT2D eigenvalue weighted by atomic mass is 32.1. The number of ether oxygens (including phenoxy) is 3. The van der Waals surface area contributed by atoms with Crippen LogP contribution in [0, 0.1) is 13.8 Å². The van der Waals surface area contributed by atoms with Crippen LogP contribution in [-0.4, -0.2) is 36.5 Å². The SMILES string of the molecule is COc1cccc(-c2nc(-c3cc(C)n(CC4CCCO4)c3C)cs2)c1OC. The number of thiazole rings is 1. The Hall–Kier alpha value is -2.31. The third kappa shape index (κ3) is 3.42. The van der Waals surface area contributed by atoms with Gasteiger partial charge in [-0.3, -0.25) is 0 Å². The van der Waals surface area contributed by atoms with Gasteiger partial charge in [-0.2, -0.15) is 0 Å². The fourth-order valence-corrected chi connectivity index (χ4v) is 4.75. The van der Waals surface area contributed by atoms with E-state index in [0.717, 1.165) is 48.0 Å². The molecule has 0 aliphatic carbocycles. The lowest BCUT2D eigenvalue weighted by Crippen LogP contribution is -2.16. The number of rotatable bonds is 6. The van der Waals surface area contributed by atoms with Crippen molar-refractivity contribution >= 4 is 11.3 Å². The zero-order valence-electron chi connectivity index (χ0n) is 16.8. The monoisotopic (exact) mass is 398 g/mol. The van der Waals surface area contributed by atoms with Crippen LogP contribution in [0.15, 0.2) is 29.6 Å². The van der Waals surface area contributed by atoms with Crippen LogP contribution in [0.3, 0.4) is 0 Å². The molecular weight excluding hydrogens is 372 g/mol. The van der Waals surface area contributed by atoms with Crippen LogP contribution in [0.2, 0.25) is 0 Å². The maximum Gasteiger partial charge on any atom is 0.170 e. The summed E-state index contributed by atoms with van der Waals surface area (Å²) in [6.45, 7) is 6.12. The average molecular weight is 399 g/mol. The summed E-state index contributed by atoms with van der Waals surface area (Å²) in [6, 6.07) is 8.11. The zero-order chi connectivity index (χ0) is 19.7. The second kappa shape index (κ2) is 7.97. The van der Waals surface area contributed by atoms with Crippen molar-refractivity contribution in [2.24, 2.45) is 0 Å². The van der Waals surface area contributed by atoms with Crippen LogP contribution >= 0.6 is 11.3 Å². The van der Waals surface area contributed by atoms with Gasteiger partial charge < -0.3 is 18.8 Å². The zero-order valence-corrected chi connectivity index (χ0v) is 17.6. The van der Waals surface area contributed by atoms with E-state index in [-0.39, 0.29) is 0 Å². The van der Waals surface area contributed by atoms with E-state index in [1.54, 1.807) is 25.6 Å². The maximum absolute atomic E-state index is 5.83. The van der Waals surface area contributed by atoms with Crippen LogP contribution in [0.1, 0.15) is 24.2 Å². The largest absolute Gasteiger partial charge is 0.493 e. The van der Waals surface area contributed by atoms with Crippen molar-refractivity contribution in [2.75, 3.05) is 20.8 Å². The minimum absolute atomic E-state index is 0.324. The van der Waals surface area contributed by atoms with Crippen molar-refractivity contribution in [3.8, 4) is 33.3 Å². The summed E-state index contributed by atoms with van der Waals surface area (Å²) in [6.07, 6.45) is 2.63. The molecule has 0 saturated carbocycles. The van der Waals surface area contributed by atoms with Gasteiger partial charge in [-0.15, -0.1) is 11.3 Å². The molecule has 0 bridgehead atoms. The summed E-state index contributed by atoms with van der Waals surface area (Å²) in [5.74, 6) is 1.43. The van der Waals surface area contributed by atoms with E-state index in [4.69, 9.17) is 19.2 Å². The van der Waals surface area contributed by atoms with E-state index in [9.17, 15) is 0 Å². The first-order chi connectivity index (χ1) is 13.6. The van der Waals surface area contributed by atoms with E-state index < -0.39 is 0 Å². The van der Waals surface area contributed by atoms with Gasteiger partial charge in [-0.1, -0.05) is 6.07 Å². The van der Waals surface area contributed by atoms with Crippen molar-refractivity contribution in [2.45, 2.75) is 39.3 Å². The molecule has 28 heavy (non-hydrogen) atoms. The molecule has 2 aromatic heterocycles. The fraction of sp³-hybridized carbons (Fsp3) is 0.409. The molecule has 148 valence electrons. The van der Waals surface area contributed by atoms with Crippen molar-refractivity contribution in [3.05, 3.63) is 41.0 Å². The first kappa shape index (κ1) is 19.0. The summed E-state index contributed by atoms with van der Waals surface area (Å²) in [5.41, 5.74) is 5.61. The van der Waals surface area contributed by atoms with Crippen LogP contribution in [0.25, 0.3) is 21.8 Å². The van der Waals surface area contributed by atoms with Gasteiger partial charge in [0.1, 0.15) is 5.01 Å². The highest BCUT2D eigenvalue weighted by Crippen LogP contribution is 2.40. The number of benzene rings is 1. The quantitative estimate of drug-likeness (QED) is 0.580. The normalized spacial score (nSPS) is 16.5. The number of hydrogen-bond acceptors (Lipinski definition) is 5. The van der Waals surface area contributed by atoms with E-state index in [1.807, 2.05) is 18.2 Å². The molecule has 1 aromatic carbocycles. The van der Waals surface area contributed by atoms with E-state index in [2.05, 4.69) is 29.9 Å². The minimum Gasteiger partial charge on any atom is -0.493 e. The van der Waals surface area contributed by atoms with Gasteiger partial charge in [0.2, 0.25) is 0 Å². The highest BCUT2D eigenvalue weighted by molar-refractivity contribution is 7.13. The Morgan fingerprint density at radius 1 is 1.21 bits per heavy atom. The molecule has 0 amide bonds. The molecule has 5 nitrogen and oxygen atoms in total. The number of nitrogens with zero attached hydrogens (tertiary/aromatic N) is 2. The standard InChI is InChI=1S/C22H26N2O3S/c1-14-11-18(15(2)24(14)12-16-7-6-10-27-16)19-13-28-22(23-19)17-8-5-9-20(25-3)21(17)26-4/h5,8-9,11,13,16H,6-7,10,12H2,1-4H3. The Bertz CT molecular complexity index is 970. The van der Waals surface area contributed by atoms with Gasteiger partial charge in [0.15, 0.2) is 11.5 Å². The molecule has 0 N–H and O–H groups in total. The number of aromatic nitrogens is 2. The van der Waals surface area contributed by atoms with Crippen molar-refractivity contribution in [1.29, 1.82) is 0 Å². The molecule has 1 aliphatic rings. The molecule has 1 unspecified atom stereocenters.